The van der Waals surface area contributed by atoms with Crippen LogP contribution in [0.5, 0.6) is 0 Å². The maximum absolute atomic E-state index is 12.0. The van der Waals surface area contributed by atoms with E-state index in [0.717, 1.165) is 10.0 Å². The van der Waals surface area contributed by atoms with Crippen LogP contribution >= 0.6 is 15.9 Å². The topological polar surface area (TPSA) is 52.9 Å². The van der Waals surface area contributed by atoms with Crippen molar-refractivity contribution in [3.63, 3.8) is 0 Å². The SMILES string of the molecule is CN1N=C(c2ccc(Br)cc2)C(C)(CO)C1=O. The van der Waals surface area contributed by atoms with Gasteiger partial charge in [-0.05, 0) is 24.6 Å². The predicted octanol–water partition coefficient (Wildman–Crippen LogP) is 1.62. The molecule has 4 nitrogen and oxygen atoms in total. The normalized spacial score (nSPS) is 24.1. The summed E-state index contributed by atoms with van der Waals surface area (Å²) in [6, 6.07) is 7.53. The van der Waals surface area contributed by atoms with Gasteiger partial charge in [0, 0.05) is 11.5 Å². The number of nitrogens with zero attached hydrogens (tertiary/aromatic N) is 2. The summed E-state index contributed by atoms with van der Waals surface area (Å²) in [6.45, 7) is 1.46. The van der Waals surface area contributed by atoms with Gasteiger partial charge in [0.15, 0.2) is 0 Å². The second-order valence-electron chi connectivity index (χ2n) is 4.27. The third kappa shape index (κ3) is 1.89. The van der Waals surface area contributed by atoms with Crippen molar-refractivity contribution in [3.8, 4) is 0 Å². The Balaban J connectivity index is 2.47. The van der Waals surface area contributed by atoms with Crippen LogP contribution in [0.3, 0.4) is 0 Å². The zero-order valence-electron chi connectivity index (χ0n) is 9.64. The average Bonchev–Trinajstić information content (AvgIpc) is 2.56. The molecular formula is C12H13BrN2O2. The van der Waals surface area contributed by atoms with Crippen LogP contribution < -0.4 is 0 Å². The van der Waals surface area contributed by atoms with E-state index in [1.165, 1.54) is 5.01 Å². The van der Waals surface area contributed by atoms with Gasteiger partial charge in [0.1, 0.15) is 5.41 Å². The number of amides is 1. The first-order valence-corrected chi connectivity index (χ1v) is 6.02. The zero-order valence-corrected chi connectivity index (χ0v) is 11.2. The van der Waals surface area contributed by atoms with E-state index in [9.17, 15) is 9.90 Å². The second kappa shape index (κ2) is 4.23. The number of carbonyl (C=O) groups excluding carboxylic acids is 1. The summed E-state index contributed by atoms with van der Waals surface area (Å²) in [7, 11) is 1.60. The van der Waals surface area contributed by atoms with Crippen LogP contribution in [0.4, 0.5) is 0 Å². The molecule has 0 radical (unpaired) electrons. The van der Waals surface area contributed by atoms with Gasteiger partial charge in [-0.15, -0.1) is 0 Å². The van der Waals surface area contributed by atoms with Crippen molar-refractivity contribution in [3.05, 3.63) is 34.3 Å². The molecule has 0 aromatic heterocycles. The molecule has 1 amide bonds. The smallest absolute Gasteiger partial charge is 0.256 e. The maximum atomic E-state index is 12.0. The highest BCUT2D eigenvalue weighted by molar-refractivity contribution is 9.10. The summed E-state index contributed by atoms with van der Waals surface area (Å²) in [6.07, 6.45) is 0. The molecule has 1 aromatic carbocycles. The highest BCUT2D eigenvalue weighted by atomic mass is 79.9. The highest BCUT2D eigenvalue weighted by Gasteiger charge is 2.46. The lowest BCUT2D eigenvalue weighted by molar-refractivity contribution is -0.135. The second-order valence-corrected chi connectivity index (χ2v) is 5.19. The molecule has 0 bridgehead atoms. The van der Waals surface area contributed by atoms with E-state index in [2.05, 4.69) is 21.0 Å². The largest absolute Gasteiger partial charge is 0.395 e. The van der Waals surface area contributed by atoms with Crippen molar-refractivity contribution >= 4 is 27.5 Å². The molecule has 90 valence electrons. The molecule has 1 aliphatic heterocycles. The van der Waals surface area contributed by atoms with E-state index in [0.29, 0.717) is 5.71 Å². The van der Waals surface area contributed by atoms with Crippen molar-refractivity contribution in [1.29, 1.82) is 0 Å². The molecule has 0 aliphatic carbocycles. The van der Waals surface area contributed by atoms with E-state index in [4.69, 9.17) is 0 Å². The number of hydrogen-bond donors (Lipinski definition) is 1. The molecule has 0 fully saturated rings. The zero-order chi connectivity index (χ0) is 12.6. The first-order valence-electron chi connectivity index (χ1n) is 5.23. The molecule has 0 spiro atoms. The van der Waals surface area contributed by atoms with Crippen molar-refractivity contribution in [2.24, 2.45) is 10.5 Å². The Morgan fingerprint density at radius 3 is 2.53 bits per heavy atom. The Kier molecular flexibility index (Phi) is 3.05. The quantitative estimate of drug-likeness (QED) is 0.902. The number of aliphatic hydroxyl groups excluding tert-OH is 1. The molecule has 2 rings (SSSR count). The van der Waals surface area contributed by atoms with Gasteiger partial charge in [-0.1, -0.05) is 28.1 Å². The monoisotopic (exact) mass is 296 g/mol. The van der Waals surface area contributed by atoms with Gasteiger partial charge in [-0.2, -0.15) is 5.10 Å². The fourth-order valence-corrected chi connectivity index (χ4v) is 2.16. The first-order chi connectivity index (χ1) is 7.99. The van der Waals surface area contributed by atoms with Crippen LogP contribution in [-0.4, -0.2) is 35.4 Å². The molecule has 1 N–H and O–H groups in total. The number of carbonyl (C=O) groups is 1. The standard InChI is InChI=1S/C12H13BrN2O2/c1-12(7-16)10(14-15(2)11(12)17)8-3-5-9(13)6-4-8/h3-6,16H,7H2,1-2H3. The Labute approximate surface area is 108 Å². The summed E-state index contributed by atoms with van der Waals surface area (Å²) < 4.78 is 0.963. The average molecular weight is 297 g/mol. The van der Waals surface area contributed by atoms with Gasteiger partial charge >= 0.3 is 0 Å². The molecule has 1 atom stereocenters. The highest BCUT2D eigenvalue weighted by Crippen LogP contribution is 2.31. The van der Waals surface area contributed by atoms with E-state index in [1.807, 2.05) is 24.3 Å². The number of hydrazone groups is 1. The predicted molar refractivity (Wildman–Crippen MR) is 68.6 cm³/mol. The van der Waals surface area contributed by atoms with E-state index in [-0.39, 0.29) is 12.5 Å². The van der Waals surface area contributed by atoms with Gasteiger partial charge in [0.05, 0.1) is 12.3 Å². The molecule has 17 heavy (non-hydrogen) atoms. The van der Waals surface area contributed by atoms with Crippen LogP contribution in [0.1, 0.15) is 12.5 Å². The third-order valence-electron chi connectivity index (χ3n) is 2.97. The number of hydrogen-bond acceptors (Lipinski definition) is 3. The molecule has 0 saturated carbocycles. The minimum Gasteiger partial charge on any atom is -0.395 e. The number of rotatable bonds is 2. The molecule has 0 saturated heterocycles. The Hall–Kier alpha value is -1.20. The lowest BCUT2D eigenvalue weighted by Gasteiger charge is -2.21. The van der Waals surface area contributed by atoms with Crippen LogP contribution in [0.2, 0.25) is 0 Å². The van der Waals surface area contributed by atoms with E-state index < -0.39 is 5.41 Å². The van der Waals surface area contributed by atoms with Crippen LogP contribution in [0.25, 0.3) is 0 Å². The van der Waals surface area contributed by atoms with Gasteiger partial charge in [-0.25, -0.2) is 5.01 Å². The number of benzene rings is 1. The van der Waals surface area contributed by atoms with Crippen molar-refractivity contribution in [2.75, 3.05) is 13.7 Å². The van der Waals surface area contributed by atoms with E-state index >= 15 is 0 Å². The first kappa shape index (κ1) is 12.3. The molecule has 1 aromatic rings. The fourth-order valence-electron chi connectivity index (χ4n) is 1.89. The van der Waals surface area contributed by atoms with Crippen LogP contribution in [-0.2, 0) is 4.79 Å². The summed E-state index contributed by atoms with van der Waals surface area (Å²) in [4.78, 5) is 12.0. The summed E-state index contributed by atoms with van der Waals surface area (Å²) in [5.41, 5.74) is 0.519. The summed E-state index contributed by atoms with van der Waals surface area (Å²) in [5.74, 6) is -0.182. The van der Waals surface area contributed by atoms with Crippen molar-refractivity contribution in [2.45, 2.75) is 6.92 Å². The van der Waals surface area contributed by atoms with Gasteiger partial charge in [0.2, 0.25) is 0 Å². The van der Waals surface area contributed by atoms with E-state index in [1.54, 1.807) is 14.0 Å². The lowest BCUT2D eigenvalue weighted by Crippen LogP contribution is -2.39. The fraction of sp³-hybridized carbons (Fsp3) is 0.333. The molecular weight excluding hydrogens is 284 g/mol. The van der Waals surface area contributed by atoms with Crippen molar-refractivity contribution in [1.82, 2.24) is 5.01 Å². The van der Waals surface area contributed by atoms with Crippen LogP contribution in [0, 0.1) is 5.41 Å². The lowest BCUT2D eigenvalue weighted by atomic mass is 9.82. The summed E-state index contributed by atoms with van der Waals surface area (Å²) in [5, 5.41) is 15.0. The molecule has 1 aliphatic rings. The molecule has 1 unspecified atom stereocenters. The Morgan fingerprint density at radius 1 is 1.41 bits per heavy atom. The molecule has 1 heterocycles. The minimum absolute atomic E-state index is 0.182. The number of halogens is 1. The Morgan fingerprint density at radius 2 is 2.00 bits per heavy atom. The van der Waals surface area contributed by atoms with Crippen LogP contribution in [0.15, 0.2) is 33.8 Å². The van der Waals surface area contributed by atoms with Gasteiger partial charge in [-0.3, -0.25) is 4.79 Å². The van der Waals surface area contributed by atoms with Crippen molar-refractivity contribution < 1.29 is 9.90 Å². The maximum Gasteiger partial charge on any atom is 0.256 e. The minimum atomic E-state index is -0.942. The molecule has 5 heteroatoms. The van der Waals surface area contributed by atoms with Gasteiger partial charge in [0.25, 0.3) is 5.91 Å². The van der Waals surface area contributed by atoms with Gasteiger partial charge < -0.3 is 5.11 Å². The number of aliphatic hydroxyl groups is 1. The Bertz CT molecular complexity index is 484. The summed E-state index contributed by atoms with van der Waals surface area (Å²) >= 11 is 3.36. The third-order valence-corrected chi connectivity index (χ3v) is 3.50.